The molecule has 0 N–H and O–H groups in total. The first kappa shape index (κ1) is 8.16. The molecule has 2 unspecified atom stereocenters. The third-order valence-electron chi connectivity index (χ3n) is 3.75. The highest BCUT2D eigenvalue weighted by Crippen LogP contribution is 2.57. The van der Waals surface area contributed by atoms with Crippen molar-refractivity contribution in [2.75, 3.05) is 0 Å². The molecule has 0 radical (unpaired) electrons. The number of fused-ring (bicyclic) bond motifs is 1. The van der Waals surface area contributed by atoms with E-state index in [9.17, 15) is 9.18 Å². The molecule has 2 heteroatoms. The van der Waals surface area contributed by atoms with Gasteiger partial charge in [-0.3, -0.25) is 4.79 Å². The van der Waals surface area contributed by atoms with Crippen LogP contribution in [0.25, 0.3) is 0 Å². The normalized spacial score (nSPS) is 34.4. The number of benzene rings is 1. The lowest BCUT2D eigenvalue weighted by atomic mass is 9.64. The molecule has 3 fully saturated rings. The molecule has 72 valence electrons. The van der Waals surface area contributed by atoms with E-state index in [-0.39, 0.29) is 17.5 Å². The number of hydrogen-bond donors (Lipinski definition) is 0. The Morgan fingerprint density at radius 3 is 2.71 bits per heavy atom. The Hall–Kier alpha value is -1.18. The predicted molar refractivity (Wildman–Crippen MR) is 50.4 cm³/mol. The smallest absolute Gasteiger partial charge is 0.146 e. The van der Waals surface area contributed by atoms with Gasteiger partial charge in [-0.2, -0.15) is 0 Å². The van der Waals surface area contributed by atoms with Crippen LogP contribution in [0.15, 0.2) is 24.3 Å². The zero-order valence-electron chi connectivity index (χ0n) is 7.79. The standard InChI is InChI=1S/C12H11FO/c13-10-4-2-1-3-9(10)12-6-5-8(7-12)11(12)14/h1-4,8H,5-7H2. The number of hydrogen-bond acceptors (Lipinski definition) is 1. The Bertz CT molecular complexity index is 409. The molecule has 0 spiro atoms. The summed E-state index contributed by atoms with van der Waals surface area (Å²) in [5.74, 6) is 0.276. The van der Waals surface area contributed by atoms with Crippen molar-refractivity contribution in [2.45, 2.75) is 24.7 Å². The van der Waals surface area contributed by atoms with E-state index in [0.717, 1.165) is 19.3 Å². The molecule has 4 rings (SSSR count). The van der Waals surface area contributed by atoms with Crippen LogP contribution in [0.1, 0.15) is 24.8 Å². The van der Waals surface area contributed by atoms with Gasteiger partial charge >= 0.3 is 0 Å². The molecule has 3 aliphatic carbocycles. The van der Waals surface area contributed by atoms with Crippen molar-refractivity contribution in [3.05, 3.63) is 35.6 Å². The molecule has 2 bridgehead atoms. The van der Waals surface area contributed by atoms with Crippen LogP contribution < -0.4 is 0 Å². The maximum Gasteiger partial charge on any atom is 0.146 e. The van der Waals surface area contributed by atoms with Crippen LogP contribution in [-0.2, 0) is 10.2 Å². The summed E-state index contributed by atoms with van der Waals surface area (Å²) in [5.41, 5.74) is 0.189. The number of carbonyl (C=O) groups excluding carboxylic acids is 1. The summed E-state index contributed by atoms with van der Waals surface area (Å²) in [6.07, 6.45) is 2.66. The van der Waals surface area contributed by atoms with Crippen LogP contribution in [0.4, 0.5) is 4.39 Å². The van der Waals surface area contributed by atoms with Gasteiger partial charge in [0.25, 0.3) is 0 Å². The van der Waals surface area contributed by atoms with Crippen LogP contribution in [0.5, 0.6) is 0 Å². The van der Waals surface area contributed by atoms with Crippen LogP contribution in [-0.4, -0.2) is 5.78 Å². The van der Waals surface area contributed by atoms with E-state index in [1.807, 2.05) is 6.07 Å². The highest BCUT2D eigenvalue weighted by atomic mass is 19.1. The predicted octanol–water partition coefficient (Wildman–Crippen LogP) is 2.45. The molecule has 2 atom stereocenters. The van der Waals surface area contributed by atoms with Crippen molar-refractivity contribution in [3.8, 4) is 0 Å². The molecule has 1 aromatic carbocycles. The van der Waals surface area contributed by atoms with Gasteiger partial charge in [0.05, 0.1) is 5.41 Å². The monoisotopic (exact) mass is 190 g/mol. The lowest BCUT2D eigenvalue weighted by Gasteiger charge is -2.37. The van der Waals surface area contributed by atoms with Crippen LogP contribution in [0.2, 0.25) is 0 Å². The highest BCUT2D eigenvalue weighted by Gasteiger charge is 2.60. The van der Waals surface area contributed by atoms with Gasteiger partial charge in [0.2, 0.25) is 0 Å². The second-order valence-corrected chi connectivity index (χ2v) is 4.37. The minimum atomic E-state index is -0.435. The summed E-state index contributed by atoms with van der Waals surface area (Å²) in [5, 5.41) is 0. The third kappa shape index (κ3) is 0.770. The SMILES string of the molecule is O=C1C2CCC1(c1ccccc1F)C2. The lowest BCUT2D eigenvalue weighted by Crippen LogP contribution is -2.45. The fourth-order valence-corrected chi connectivity index (χ4v) is 2.98. The summed E-state index contributed by atoms with van der Waals surface area (Å²) < 4.78 is 13.5. The summed E-state index contributed by atoms with van der Waals surface area (Å²) >= 11 is 0. The van der Waals surface area contributed by atoms with Crippen molar-refractivity contribution in [1.82, 2.24) is 0 Å². The number of halogens is 1. The van der Waals surface area contributed by atoms with E-state index < -0.39 is 5.41 Å². The molecule has 0 saturated heterocycles. The summed E-state index contributed by atoms with van der Waals surface area (Å²) in [6, 6.07) is 6.69. The van der Waals surface area contributed by atoms with Gasteiger partial charge in [-0.1, -0.05) is 18.2 Å². The first-order valence-electron chi connectivity index (χ1n) is 5.03. The van der Waals surface area contributed by atoms with Crippen molar-refractivity contribution < 1.29 is 9.18 Å². The van der Waals surface area contributed by atoms with E-state index in [1.165, 1.54) is 6.07 Å². The largest absolute Gasteiger partial charge is 0.298 e. The van der Waals surface area contributed by atoms with Crippen molar-refractivity contribution in [1.29, 1.82) is 0 Å². The van der Waals surface area contributed by atoms with Crippen LogP contribution >= 0.6 is 0 Å². The van der Waals surface area contributed by atoms with E-state index in [4.69, 9.17) is 0 Å². The topological polar surface area (TPSA) is 17.1 Å². The van der Waals surface area contributed by atoms with Gasteiger partial charge < -0.3 is 0 Å². The van der Waals surface area contributed by atoms with E-state index >= 15 is 0 Å². The van der Waals surface area contributed by atoms with Crippen molar-refractivity contribution in [3.63, 3.8) is 0 Å². The molecule has 1 nitrogen and oxygen atoms in total. The maximum atomic E-state index is 13.5. The van der Waals surface area contributed by atoms with Gasteiger partial charge in [0.15, 0.2) is 0 Å². The Morgan fingerprint density at radius 1 is 1.36 bits per heavy atom. The van der Waals surface area contributed by atoms with Gasteiger partial charge in [0.1, 0.15) is 11.6 Å². The van der Waals surface area contributed by atoms with Gasteiger partial charge in [-0.15, -0.1) is 0 Å². The zero-order valence-corrected chi connectivity index (χ0v) is 7.79. The molecular weight excluding hydrogens is 179 g/mol. The second kappa shape index (κ2) is 2.44. The molecule has 1 aromatic rings. The fraction of sp³-hybridized carbons (Fsp3) is 0.417. The van der Waals surface area contributed by atoms with Crippen LogP contribution in [0, 0.1) is 11.7 Å². The average Bonchev–Trinajstić information content (AvgIpc) is 2.76. The number of Topliss-reactive ketones (excluding diaryl/α,β-unsaturated/α-hetero) is 1. The van der Waals surface area contributed by atoms with E-state index in [0.29, 0.717) is 5.56 Å². The average molecular weight is 190 g/mol. The first-order valence-corrected chi connectivity index (χ1v) is 5.03. The van der Waals surface area contributed by atoms with Gasteiger partial charge in [-0.25, -0.2) is 4.39 Å². The van der Waals surface area contributed by atoms with E-state index in [1.54, 1.807) is 12.1 Å². The van der Waals surface area contributed by atoms with Crippen molar-refractivity contribution >= 4 is 5.78 Å². The van der Waals surface area contributed by atoms with Crippen molar-refractivity contribution in [2.24, 2.45) is 5.92 Å². The van der Waals surface area contributed by atoms with E-state index in [2.05, 4.69) is 0 Å². The molecule has 0 aromatic heterocycles. The number of carbonyl (C=O) groups is 1. The second-order valence-electron chi connectivity index (χ2n) is 4.37. The molecule has 0 amide bonds. The summed E-state index contributed by atoms with van der Waals surface area (Å²) in [7, 11) is 0. The Kier molecular flexibility index (Phi) is 1.42. The Labute approximate surface area is 81.9 Å². The zero-order chi connectivity index (χ0) is 9.76. The highest BCUT2D eigenvalue weighted by molar-refractivity contribution is 6.00. The molecule has 0 heterocycles. The van der Waals surface area contributed by atoms with Gasteiger partial charge in [-0.05, 0) is 25.3 Å². The minimum absolute atomic E-state index is 0.221. The molecule has 3 saturated carbocycles. The van der Waals surface area contributed by atoms with Gasteiger partial charge in [0, 0.05) is 11.5 Å². The lowest BCUT2D eigenvalue weighted by molar-refractivity contribution is -0.133. The minimum Gasteiger partial charge on any atom is -0.298 e. The number of ketones is 1. The quantitative estimate of drug-likeness (QED) is 0.664. The van der Waals surface area contributed by atoms with Crippen LogP contribution in [0.3, 0.4) is 0 Å². The molecular formula is C12H11FO. The molecule has 3 aliphatic rings. The molecule has 0 aliphatic heterocycles. The maximum absolute atomic E-state index is 13.5. The Morgan fingerprint density at radius 2 is 2.14 bits per heavy atom. The fourth-order valence-electron chi connectivity index (χ4n) is 2.98. The molecule has 14 heavy (non-hydrogen) atoms. The Balaban J connectivity index is 2.12. The summed E-state index contributed by atoms with van der Waals surface area (Å²) in [6.45, 7) is 0. The number of rotatable bonds is 1. The summed E-state index contributed by atoms with van der Waals surface area (Å²) in [4.78, 5) is 11.7. The first-order chi connectivity index (χ1) is 6.74. The third-order valence-corrected chi connectivity index (χ3v) is 3.75.